The average molecular weight is 363 g/mol. The highest BCUT2D eigenvalue weighted by molar-refractivity contribution is 9.10. The summed E-state index contributed by atoms with van der Waals surface area (Å²) in [4.78, 5) is 24.5. The third kappa shape index (κ3) is 3.65. The Kier molecular flexibility index (Phi) is 5.19. The molecule has 0 aliphatic carbocycles. The summed E-state index contributed by atoms with van der Waals surface area (Å²) in [5.41, 5.74) is 2.65. The van der Waals surface area contributed by atoms with Gasteiger partial charge in [-0.1, -0.05) is 19.1 Å². The van der Waals surface area contributed by atoms with Crippen LogP contribution in [0.25, 0.3) is 0 Å². The summed E-state index contributed by atoms with van der Waals surface area (Å²) >= 11 is 3.23. The Bertz CT molecular complexity index is 735. The Morgan fingerprint density at radius 1 is 1.32 bits per heavy atom. The van der Waals surface area contributed by atoms with Gasteiger partial charge in [-0.05, 0) is 65.5 Å². The van der Waals surface area contributed by atoms with E-state index in [1.165, 1.54) is 10.1 Å². The molecule has 0 saturated heterocycles. The zero-order valence-electron chi connectivity index (χ0n) is 12.9. The van der Waals surface area contributed by atoms with Crippen LogP contribution in [0.3, 0.4) is 0 Å². The van der Waals surface area contributed by atoms with Crippen LogP contribution >= 0.6 is 15.9 Å². The number of nitrogens with zero attached hydrogens (tertiary/aromatic N) is 1. The molecule has 0 fully saturated rings. The van der Waals surface area contributed by atoms with E-state index in [2.05, 4.69) is 28.2 Å². The van der Waals surface area contributed by atoms with Gasteiger partial charge in [0.2, 0.25) is 5.91 Å². The van der Waals surface area contributed by atoms with Gasteiger partial charge in [-0.3, -0.25) is 9.59 Å². The summed E-state index contributed by atoms with van der Waals surface area (Å²) < 4.78 is 1.90. The van der Waals surface area contributed by atoms with Gasteiger partial charge in [0.1, 0.15) is 6.04 Å². The number of halogens is 1. The first-order valence-electron chi connectivity index (χ1n) is 7.20. The van der Waals surface area contributed by atoms with Crippen molar-refractivity contribution >= 4 is 27.5 Å². The van der Waals surface area contributed by atoms with E-state index < -0.39 is 6.04 Å². The molecule has 5 heteroatoms. The largest absolute Gasteiger partial charge is 0.324 e. The molecule has 0 aliphatic heterocycles. The molecule has 0 spiro atoms. The van der Waals surface area contributed by atoms with Crippen LogP contribution in [0.5, 0.6) is 0 Å². The lowest BCUT2D eigenvalue weighted by molar-refractivity contribution is -0.118. The standard InChI is InChI=1S/C17H19BrN2O2/c1-4-13-5-7-14(8-6-13)19-16(21)12(3)20-10-11(2)9-15(18)17(20)22/h5-10,12H,4H2,1-3H3,(H,19,21). The number of hydrogen-bond acceptors (Lipinski definition) is 2. The number of carbonyl (C=O) groups excluding carboxylic acids is 1. The van der Waals surface area contributed by atoms with E-state index in [9.17, 15) is 9.59 Å². The van der Waals surface area contributed by atoms with E-state index >= 15 is 0 Å². The zero-order chi connectivity index (χ0) is 16.3. The topological polar surface area (TPSA) is 51.1 Å². The second-order valence-electron chi connectivity index (χ2n) is 5.29. The first-order valence-corrected chi connectivity index (χ1v) is 7.99. The molecular weight excluding hydrogens is 344 g/mol. The van der Waals surface area contributed by atoms with Crippen LogP contribution in [0.15, 0.2) is 45.8 Å². The lowest BCUT2D eigenvalue weighted by atomic mass is 10.1. The number of hydrogen-bond donors (Lipinski definition) is 1. The number of benzene rings is 1. The van der Waals surface area contributed by atoms with Crippen molar-refractivity contribution in [2.45, 2.75) is 33.2 Å². The van der Waals surface area contributed by atoms with Crippen molar-refractivity contribution in [2.75, 3.05) is 5.32 Å². The number of anilines is 1. The predicted octanol–water partition coefficient (Wildman–Crippen LogP) is 3.68. The van der Waals surface area contributed by atoms with Crippen molar-refractivity contribution in [1.29, 1.82) is 0 Å². The SMILES string of the molecule is CCc1ccc(NC(=O)C(C)n2cc(C)cc(Br)c2=O)cc1. The number of nitrogens with one attached hydrogen (secondary N) is 1. The number of carbonyl (C=O) groups is 1. The van der Waals surface area contributed by atoms with Gasteiger partial charge in [-0.25, -0.2) is 0 Å². The molecule has 1 aromatic heterocycles. The van der Waals surface area contributed by atoms with Gasteiger partial charge in [-0.15, -0.1) is 0 Å². The molecule has 1 heterocycles. The number of aryl methyl sites for hydroxylation is 2. The molecule has 22 heavy (non-hydrogen) atoms. The minimum atomic E-state index is -0.588. The van der Waals surface area contributed by atoms with E-state index in [1.807, 2.05) is 31.2 Å². The number of aromatic nitrogens is 1. The van der Waals surface area contributed by atoms with Gasteiger partial charge < -0.3 is 9.88 Å². The maximum absolute atomic E-state index is 12.4. The Balaban J connectivity index is 2.20. The third-order valence-corrected chi connectivity index (χ3v) is 4.13. The van der Waals surface area contributed by atoms with Gasteiger partial charge in [-0.2, -0.15) is 0 Å². The Morgan fingerprint density at radius 2 is 1.95 bits per heavy atom. The molecule has 1 amide bonds. The molecular formula is C17H19BrN2O2. The highest BCUT2D eigenvalue weighted by Gasteiger charge is 2.17. The first kappa shape index (κ1) is 16.5. The van der Waals surface area contributed by atoms with E-state index in [1.54, 1.807) is 19.2 Å². The van der Waals surface area contributed by atoms with Gasteiger partial charge in [0.25, 0.3) is 5.56 Å². The summed E-state index contributed by atoms with van der Waals surface area (Å²) in [6.07, 6.45) is 2.65. The van der Waals surface area contributed by atoms with Crippen molar-refractivity contribution in [3.63, 3.8) is 0 Å². The molecule has 1 N–H and O–H groups in total. The summed E-state index contributed by atoms with van der Waals surface area (Å²) in [6.45, 7) is 5.68. The normalized spacial score (nSPS) is 12.0. The fraction of sp³-hybridized carbons (Fsp3) is 0.294. The Labute approximate surface area is 138 Å². The number of amides is 1. The summed E-state index contributed by atoms with van der Waals surface area (Å²) in [6, 6.07) is 8.87. The predicted molar refractivity (Wildman–Crippen MR) is 92.3 cm³/mol. The molecule has 0 aliphatic rings. The number of pyridine rings is 1. The molecule has 0 bridgehead atoms. The van der Waals surface area contributed by atoms with Crippen LogP contribution < -0.4 is 10.9 Å². The molecule has 1 unspecified atom stereocenters. The van der Waals surface area contributed by atoms with Crippen molar-refractivity contribution in [1.82, 2.24) is 4.57 Å². The van der Waals surface area contributed by atoms with E-state index in [4.69, 9.17) is 0 Å². The second kappa shape index (κ2) is 6.92. The van der Waals surface area contributed by atoms with Gasteiger partial charge in [0.15, 0.2) is 0 Å². The van der Waals surface area contributed by atoms with Crippen molar-refractivity contribution in [3.8, 4) is 0 Å². The maximum Gasteiger partial charge on any atom is 0.265 e. The minimum Gasteiger partial charge on any atom is -0.324 e. The highest BCUT2D eigenvalue weighted by atomic mass is 79.9. The smallest absolute Gasteiger partial charge is 0.265 e. The lowest BCUT2D eigenvalue weighted by Crippen LogP contribution is -2.31. The average Bonchev–Trinajstić information content (AvgIpc) is 2.50. The third-order valence-electron chi connectivity index (χ3n) is 3.56. The van der Waals surface area contributed by atoms with Crippen LogP contribution in [0.1, 0.15) is 31.0 Å². The molecule has 2 aromatic rings. The van der Waals surface area contributed by atoms with Crippen molar-refractivity contribution < 1.29 is 4.79 Å². The monoisotopic (exact) mass is 362 g/mol. The minimum absolute atomic E-state index is 0.213. The summed E-state index contributed by atoms with van der Waals surface area (Å²) in [5.74, 6) is -0.219. The maximum atomic E-state index is 12.4. The first-order chi connectivity index (χ1) is 10.4. The molecule has 116 valence electrons. The van der Waals surface area contributed by atoms with Gasteiger partial charge >= 0.3 is 0 Å². The van der Waals surface area contributed by atoms with Crippen molar-refractivity contribution in [3.05, 3.63) is 62.5 Å². The highest BCUT2D eigenvalue weighted by Crippen LogP contribution is 2.14. The van der Waals surface area contributed by atoms with Crippen LogP contribution in [-0.4, -0.2) is 10.5 Å². The van der Waals surface area contributed by atoms with Crippen LogP contribution in [0.4, 0.5) is 5.69 Å². The van der Waals surface area contributed by atoms with Crippen LogP contribution in [0.2, 0.25) is 0 Å². The quantitative estimate of drug-likeness (QED) is 0.901. The van der Waals surface area contributed by atoms with Crippen LogP contribution in [0, 0.1) is 6.92 Å². The summed E-state index contributed by atoms with van der Waals surface area (Å²) in [5, 5.41) is 2.84. The fourth-order valence-electron chi connectivity index (χ4n) is 2.18. The second-order valence-corrected chi connectivity index (χ2v) is 6.15. The van der Waals surface area contributed by atoms with Gasteiger partial charge in [0.05, 0.1) is 4.47 Å². The fourth-order valence-corrected chi connectivity index (χ4v) is 2.75. The van der Waals surface area contributed by atoms with Gasteiger partial charge in [0, 0.05) is 11.9 Å². The molecule has 1 aromatic carbocycles. The van der Waals surface area contributed by atoms with Crippen LogP contribution in [-0.2, 0) is 11.2 Å². The molecule has 0 saturated carbocycles. The Hall–Kier alpha value is -1.88. The molecule has 0 radical (unpaired) electrons. The Morgan fingerprint density at radius 3 is 2.55 bits per heavy atom. The van der Waals surface area contributed by atoms with E-state index in [0.29, 0.717) is 4.47 Å². The van der Waals surface area contributed by atoms with E-state index in [0.717, 1.165) is 17.7 Å². The molecule has 1 atom stereocenters. The number of rotatable bonds is 4. The van der Waals surface area contributed by atoms with E-state index in [-0.39, 0.29) is 11.5 Å². The lowest BCUT2D eigenvalue weighted by Gasteiger charge is -2.16. The molecule has 4 nitrogen and oxygen atoms in total. The molecule has 2 rings (SSSR count). The summed E-state index contributed by atoms with van der Waals surface area (Å²) in [7, 11) is 0. The van der Waals surface area contributed by atoms with Crippen molar-refractivity contribution in [2.24, 2.45) is 0 Å². The zero-order valence-corrected chi connectivity index (χ0v) is 14.5.